The average Bonchev–Trinajstić information content (AvgIpc) is 2.71. The van der Waals surface area contributed by atoms with Crippen LogP contribution in [0.1, 0.15) is 68.7 Å². The highest BCUT2D eigenvalue weighted by molar-refractivity contribution is 5.96. The predicted molar refractivity (Wildman–Crippen MR) is 125 cm³/mol. The van der Waals surface area contributed by atoms with Gasteiger partial charge in [0.05, 0.1) is 19.8 Å². The molecule has 0 fully saturated rings. The standard InChI is InChI=1S/C25H37N3O3/c1-8-27(28(18(3)4)19(5)6)24-23(25(29)31-9-2)22(15-20(7)26-24)17-30-16-21-13-11-10-12-14-21/h10-15,18-19H,8-9,16-17H2,1-7H3. The van der Waals surface area contributed by atoms with Crippen molar-refractivity contribution in [3.8, 4) is 0 Å². The minimum atomic E-state index is -0.366. The second-order valence-corrected chi connectivity index (χ2v) is 8.10. The Morgan fingerprint density at radius 3 is 2.23 bits per heavy atom. The second-order valence-electron chi connectivity index (χ2n) is 8.10. The van der Waals surface area contributed by atoms with Crippen LogP contribution in [0.5, 0.6) is 0 Å². The second kappa shape index (κ2) is 11.8. The van der Waals surface area contributed by atoms with Gasteiger partial charge in [0.2, 0.25) is 0 Å². The summed E-state index contributed by atoms with van der Waals surface area (Å²) in [5.74, 6) is 0.260. The molecule has 0 spiro atoms. The first kappa shape index (κ1) is 24.8. The molecule has 0 amide bonds. The number of nitrogens with zero attached hydrogens (tertiary/aromatic N) is 3. The number of carbonyl (C=O) groups excluding carboxylic acids is 1. The summed E-state index contributed by atoms with van der Waals surface area (Å²) in [6, 6.07) is 12.4. The van der Waals surface area contributed by atoms with Gasteiger partial charge in [0.25, 0.3) is 0 Å². The van der Waals surface area contributed by atoms with Crippen molar-refractivity contribution in [3.63, 3.8) is 0 Å². The number of anilines is 1. The first-order chi connectivity index (χ1) is 14.8. The van der Waals surface area contributed by atoms with Gasteiger partial charge < -0.3 is 9.47 Å². The number of hydrogen-bond acceptors (Lipinski definition) is 6. The van der Waals surface area contributed by atoms with E-state index in [-0.39, 0.29) is 18.1 Å². The molecule has 0 aliphatic carbocycles. The Labute approximate surface area is 187 Å². The number of benzene rings is 1. The van der Waals surface area contributed by atoms with Crippen LogP contribution in [-0.4, -0.2) is 41.2 Å². The highest BCUT2D eigenvalue weighted by atomic mass is 16.5. The van der Waals surface area contributed by atoms with E-state index >= 15 is 0 Å². The SMILES string of the molecule is CCOC(=O)c1c(COCc2ccccc2)cc(C)nc1N(CC)N(C(C)C)C(C)C. The summed E-state index contributed by atoms with van der Waals surface area (Å²) >= 11 is 0. The van der Waals surface area contributed by atoms with Gasteiger partial charge in [-0.1, -0.05) is 30.3 Å². The van der Waals surface area contributed by atoms with Gasteiger partial charge in [-0.05, 0) is 65.7 Å². The van der Waals surface area contributed by atoms with Crippen LogP contribution < -0.4 is 5.01 Å². The number of pyridine rings is 1. The van der Waals surface area contributed by atoms with Gasteiger partial charge in [-0.25, -0.2) is 14.8 Å². The molecule has 0 radical (unpaired) electrons. The van der Waals surface area contributed by atoms with Crippen molar-refractivity contribution in [1.82, 2.24) is 9.99 Å². The first-order valence-electron chi connectivity index (χ1n) is 11.1. The molecule has 0 aliphatic heterocycles. The third-order valence-corrected chi connectivity index (χ3v) is 4.94. The Hall–Kier alpha value is -2.44. The van der Waals surface area contributed by atoms with E-state index in [0.717, 1.165) is 16.8 Å². The minimum absolute atomic E-state index is 0.245. The van der Waals surface area contributed by atoms with Crippen LogP contribution in [0.25, 0.3) is 0 Å². The van der Waals surface area contributed by atoms with Crippen LogP contribution in [0.4, 0.5) is 5.82 Å². The zero-order chi connectivity index (χ0) is 23.0. The van der Waals surface area contributed by atoms with E-state index < -0.39 is 0 Å². The van der Waals surface area contributed by atoms with Crippen molar-refractivity contribution in [2.45, 2.75) is 73.8 Å². The third kappa shape index (κ3) is 6.52. The molecule has 0 unspecified atom stereocenters. The molecule has 0 aliphatic rings. The maximum absolute atomic E-state index is 13.1. The predicted octanol–water partition coefficient (Wildman–Crippen LogP) is 5.14. The first-order valence-corrected chi connectivity index (χ1v) is 11.1. The topological polar surface area (TPSA) is 54.9 Å². The van der Waals surface area contributed by atoms with E-state index in [0.29, 0.717) is 37.7 Å². The van der Waals surface area contributed by atoms with Crippen LogP contribution in [0.15, 0.2) is 36.4 Å². The smallest absolute Gasteiger partial charge is 0.342 e. The molecule has 0 bridgehead atoms. The molecule has 0 N–H and O–H groups in total. The molecule has 0 saturated carbocycles. The van der Waals surface area contributed by atoms with E-state index in [9.17, 15) is 4.79 Å². The van der Waals surface area contributed by atoms with Crippen molar-refractivity contribution < 1.29 is 14.3 Å². The number of esters is 1. The zero-order valence-electron chi connectivity index (χ0n) is 20.0. The summed E-state index contributed by atoms with van der Waals surface area (Å²) in [5, 5.41) is 4.34. The highest BCUT2D eigenvalue weighted by Gasteiger charge is 2.29. The third-order valence-electron chi connectivity index (χ3n) is 4.94. The molecule has 1 aromatic heterocycles. The molecule has 1 heterocycles. The average molecular weight is 428 g/mol. The normalized spacial score (nSPS) is 11.4. The molecule has 2 rings (SSSR count). The summed E-state index contributed by atoms with van der Waals surface area (Å²) in [6.45, 7) is 16.2. The highest BCUT2D eigenvalue weighted by Crippen LogP contribution is 2.28. The number of hydrazine groups is 1. The largest absolute Gasteiger partial charge is 0.462 e. The van der Waals surface area contributed by atoms with Crippen molar-refractivity contribution in [2.24, 2.45) is 0 Å². The van der Waals surface area contributed by atoms with Crippen molar-refractivity contribution >= 4 is 11.8 Å². The lowest BCUT2D eigenvalue weighted by Crippen LogP contribution is -2.51. The van der Waals surface area contributed by atoms with E-state index in [1.165, 1.54) is 0 Å². The fraction of sp³-hybridized carbons (Fsp3) is 0.520. The van der Waals surface area contributed by atoms with Crippen molar-refractivity contribution in [3.05, 3.63) is 58.8 Å². The number of hydrogen-bond donors (Lipinski definition) is 0. The van der Waals surface area contributed by atoms with Crippen molar-refractivity contribution in [1.29, 1.82) is 0 Å². The van der Waals surface area contributed by atoms with Gasteiger partial charge in [0.1, 0.15) is 5.56 Å². The number of aryl methyl sites for hydroxylation is 1. The summed E-state index contributed by atoms with van der Waals surface area (Å²) in [6.07, 6.45) is 0. The van der Waals surface area contributed by atoms with E-state index in [4.69, 9.17) is 14.5 Å². The zero-order valence-corrected chi connectivity index (χ0v) is 20.0. The molecule has 0 saturated heterocycles. The summed E-state index contributed by atoms with van der Waals surface area (Å²) < 4.78 is 11.4. The summed E-state index contributed by atoms with van der Waals surface area (Å²) in [4.78, 5) is 17.8. The van der Waals surface area contributed by atoms with Crippen LogP contribution >= 0.6 is 0 Å². The number of rotatable bonds is 11. The fourth-order valence-electron chi connectivity index (χ4n) is 3.88. The number of carbonyl (C=O) groups is 1. The van der Waals surface area contributed by atoms with Crippen LogP contribution in [0.3, 0.4) is 0 Å². The maximum atomic E-state index is 13.1. The summed E-state index contributed by atoms with van der Waals surface area (Å²) in [5.41, 5.74) is 3.20. The van der Waals surface area contributed by atoms with Crippen LogP contribution in [0, 0.1) is 6.92 Å². The van der Waals surface area contributed by atoms with Gasteiger partial charge in [0.15, 0.2) is 5.82 Å². The maximum Gasteiger partial charge on any atom is 0.342 e. The Bertz CT molecular complexity index is 829. The molecular weight excluding hydrogens is 390 g/mol. The summed E-state index contributed by atoms with van der Waals surface area (Å²) in [7, 11) is 0. The lowest BCUT2D eigenvalue weighted by atomic mass is 10.1. The Morgan fingerprint density at radius 1 is 1.03 bits per heavy atom. The van der Waals surface area contributed by atoms with Gasteiger partial charge in [-0.3, -0.25) is 5.01 Å². The van der Waals surface area contributed by atoms with Crippen LogP contribution in [0.2, 0.25) is 0 Å². The molecule has 6 nitrogen and oxygen atoms in total. The van der Waals surface area contributed by atoms with E-state index in [1.54, 1.807) is 0 Å². The monoisotopic (exact) mass is 427 g/mol. The minimum Gasteiger partial charge on any atom is -0.462 e. The van der Waals surface area contributed by atoms with Gasteiger partial charge in [-0.2, -0.15) is 0 Å². The lowest BCUT2D eigenvalue weighted by molar-refractivity contribution is 0.0514. The molecule has 1 aromatic carbocycles. The fourth-order valence-corrected chi connectivity index (χ4v) is 3.88. The van der Waals surface area contributed by atoms with Crippen LogP contribution in [-0.2, 0) is 22.7 Å². The Balaban J connectivity index is 2.47. The van der Waals surface area contributed by atoms with Gasteiger partial charge in [0, 0.05) is 24.3 Å². The van der Waals surface area contributed by atoms with Gasteiger partial charge >= 0.3 is 5.97 Å². The molecule has 6 heteroatoms. The molecule has 31 heavy (non-hydrogen) atoms. The molecule has 2 aromatic rings. The Morgan fingerprint density at radius 2 is 1.68 bits per heavy atom. The molecule has 170 valence electrons. The van der Waals surface area contributed by atoms with E-state index in [2.05, 4.69) is 44.6 Å². The number of aromatic nitrogens is 1. The number of ether oxygens (including phenoxy) is 2. The molecular formula is C25H37N3O3. The van der Waals surface area contributed by atoms with Crippen molar-refractivity contribution in [2.75, 3.05) is 18.2 Å². The Kier molecular flexibility index (Phi) is 9.46. The quantitative estimate of drug-likeness (QED) is 0.365. The lowest BCUT2D eigenvalue weighted by Gasteiger charge is -2.41. The van der Waals surface area contributed by atoms with Gasteiger partial charge in [-0.15, -0.1) is 0 Å². The van der Waals surface area contributed by atoms with E-state index in [1.807, 2.05) is 50.2 Å². The molecule has 0 atom stereocenters.